The van der Waals surface area contributed by atoms with Gasteiger partial charge in [-0.15, -0.1) is 0 Å². The Hall–Kier alpha value is -0.540. The number of aliphatic hydroxyl groups is 1. The molecule has 2 rings (SSSR count). The molecular weight excluding hydrogens is 335 g/mol. The maximum absolute atomic E-state index is 10.3. The lowest BCUT2D eigenvalue weighted by Crippen LogP contribution is -2.00. The van der Waals surface area contributed by atoms with Gasteiger partial charge in [-0.05, 0) is 36.2 Å². The maximum Gasteiger partial charge on any atom is 0.106 e. The van der Waals surface area contributed by atoms with Crippen LogP contribution in [0.1, 0.15) is 22.8 Å². The fraction of sp³-hybridized carbons (Fsp3) is 0.143. The number of hydrogen-bond donors (Lipinski definition) is 1. The van der Waals surface area contributed by atoms with Crippen LogP contribution in [0.3, 0.4) is 0 Å². The molecule has 0 aromatic heterocycles. The van der Waals surface area contributed by atoms with E-state index in [1.165, 1.54) is 0 Å². The number of benzene rings is 2. The molecule has 1 unspecified atom stereocenters. The second kappa shape index (κ2) is 5.62. The van der Waals surface area contributed by atoms with Gasteiger partial charge in [0, 0.05) is 20.1 Å². The Morgan fingerprint density at radius 1 is 1.06 bits per heavy atom. The van der Waals surface area contributed by atoms with Crippen LogP contribution >= 0.6 is 39.1 Å². The molecule has 0 heterocycles. The highest BCUT2D eigenvalue weighted by molar-refractivity contribution is 9.10. The Balaban J connectivity index is 2.41. The second-order valence-electron chi connectivity index (χ2n) is 4.08. The molecule has 1 N–H and O–H groups in total. The average molecular weight is 346 g/mol. The molecule has 4 heteroatoms. The highest BCUT2D eigenvalue weighted by atomic mass is 79.9. The summed E-state index contributed by atoms with van der Waals surface area (Å²) < 4.78 is 0.880. The van der Waals surface area contributed by atoms with E-state index >= 15 is 0 Å². The van der Waals surface area contributed by atoms with E-state index in [2.05, 4.69) is 15.9 Å². The molecule has 0 aliphatic heterocycles. The van der Waals surface area contributed by atoms with Crippen LogP contribution in [0.2, 0.25) is 10.0 Å². The smallest absolute Gasteiger partial charge is 0.106 e. The summed E-state index contributed by atoms with van der Waals surface area (Å²) in [5, 5.41) is 11.5. The van der Waals surface area contributed by atoms with Crippen LogP contribution in [0.25, 0.3) is 0 Å². The van der Waals surface area contributed by atoms with E-state index in [0.717, 1.165) is 15.6 Å². The topological polar surface area (TPSA) is 20.2 Å². The van der Waals surface area contributed by atoms with Crippen molar-refractivity contribution in [2.45, 2.75) is 13.0 Å². The molecule has 0 aliphatic carbocycles. The standard InChI is InChI=1S/C14H11BrCl2O/c1-8-2-3-9(6-12(8)16)14(18)11-5-4-10(15)7-13(11)17/h2-7,14,18H,1H3. The minimum absolute atomic E-state index is 0.522. The van der Waals surface area contributed by atoms with E-state index in [0.29, 0.717) is 15.6 Å². The maximum atomic E-state index is 10.3. The Morgan fingerprint density at radius 2 is 1.78 bits per heavy atom. The average Bonchev–Trinajstić information content (AvgIpc) is 2.32. The summed E-state index contributed by atoms with van der Waals surface area (Å²) in [6.07, 6.45) is -0.774. The Labute approximate surface area is 124 Å². The molecule has 0 saturated carbocycles. The van der Waals surface area contributed by atoms with Gasteiger partial charge >= 0.3 is 0 Å². The van der Waals surface area contributed by atoms with Crippen molar-refractivity contribution in [3.63, 3.8) is 0 Å². The van der Waals surface area contributed by atoms with Crippen LogP contribution in [0, 0.1) is 6.92 Å². The fourth-order valence-corrected chi connectivity index (χ4v) is 2.65. The lowest BCUT2D eigenvalue weighted by Gasteiger charge is -2.14. The van der Waals surface area contributed by atoms with E-state index in [9.17, 15) is 5.11 Å². The van der Waals surface area contributed by atoms with Crippen LogP contribution in [0.5, 0.6) is 0 Å². The molecule has 18 heavy (non-hydrogen) atoms. The van der Waals surface area contributed by atoms with Gasteiger partial charge < -0.3 is 5.11 Å². The first-order valence-electron chi connectivity index (χ1n) is 5.38. The quantitative estimate of drug-likeness (QED) is 0.798. The molecule has 0 fully saturated rings. The van der Waals surface area contributed by atoms with E-state index in [4.69, 9.17) is 23.2 Å². The van der Waals surface area contributed by atoms with Gasteiger partial charge in [0.05, 0.1) is 0 Å². The molecule has 0 amide bonds. The highest BCUT2D eigenvalue weighted by Crippen LogP contribution is 2.32. The van der Waals surface area contributed by atoms with E-state index in [-0.39, 0.29) is 0 Å². The van der Waals surface area contributed by atoms with Gasteiger partial charge in [0.25, 0.3) is 0 Å². The van der Waals surface area contributed by atoms with Gasteiger partial charge in [-0.2, -0.15) is 0 Å². The van der Waals surface area contributed by atoms with Crippen LogP contribution < -0.4 is 0 Å². The Morgan fingerprint density at radius 3 is 2.39 bits per heavy atom. The molecule has 0 bridgehead atoms. The molecule has 2 aromatic carbocycles. The zero-order valence-corrected chi connectivity index (χ0v) is 12.7. The van der Waals surface area contributed by atoms with Gasteiger partial charge in [-0.1, -0.05) is 57.3 Å². The third-order valence-electron chi connectivity index (χ3n) is 2.77. The van der Waals surface area contributed by atoms with Crippen molar-refractivity contribution >= 4 is 39.1 Å². The van der Waals surface area contributed by atoms with E-state index in [1.54, 1.807) is 18.2 Å². The molecule has 94 valence electrons. The first-order chi connectivity index (χ1) is 8.49. The predicted molar refractivity (Wildman–Crippen MR) is 79.4 cm³/mol. The SMILES string of the molecule is Cc1ccc(C(O)c2ccc(Br)cc2Cl)cc1Cl. The molecule has 1 nitrogen and oxygen atoms in total. The third kappa shape index (κ3) is 2.89. The van der Waals surface area contributed by atoms with Crippen molar-refractivity contribution < 1.29 is 5.11 Å². The summed E-state index contributed by atoms with van der Waals surface area (Å²) in [5.41, 5.74) is 2.38. The van der Waals surface area contributed by atoms with Gasteiger partial charge in [-0.25, -0.2) is 0 Å². The number of hydrogen-bond acceptors (Lipinski definition) is 1. The minimum atomic E-state index is -0.774. The highest BCUT2D eigenvalue weighted by Gasteiger charge is 2.14. The second-order valence-corrected chi connectivity index (χ2v) is 5.81. The molecular formula is C14H11BrCl2O. The van der Waals surface area contributed by atoms with Crippen molar-refractivity contribution in [1.29, 1.82) is 0 Å². The molecule has 0 saturated heterocycles. The fourth-order valence-electron chi connectivity index (χ4n) is 1.68. The minimum Gasteiger partial charge on any atom is -0.384 e. The lowest BCUT2D eigenvalue weighted by atomic mass is 10.0. The number of aryl methyl sites for hydroxylation is 1. The Kier molecular flexibility index (Phi) is 4.33. The summed E-state index contributed by atoms with van der Waals surface area (Å²) >= 11 is 15.5. The summed E-state index contributed by atoms with van der Waals surface area (Å²) in [4.78, 5) is 0. The molecule has 0 spiro atoms. The molecule has 1 atom stereocenters. The molecule has 0 aliphatic rings. The molecule has 2 aromatic rings. The van der Waals surface area contributed by atoms with Gasteiger partial charge in [0.1, 0.15) is 6.10 Å². The van der Waals surface area contributed by atoms with Crippen LogP contribution in [-0.4, -0.2) is 5.11 Å². The van der Waals surface area contributed by atoms with Crippen molar-refractivity contribution in [1.82, 2.24) is 0 Å². The summed E-state index contributed by atoms with van der Waals surface area (Å²) in [6, 6.07) is 10.9. The monoisotopic (exact) mass is 344 g/mol. The van der Waals surface area contributed by atoms with Crippen LogP contribution in [0.4, 0.5) is 0 Å². The summed E-state index contributed by atoms with van der Waals surface area (Å²) in [5.74, 6) is 0. The van der Waals surface area contributed by atoms with Crippen molar-refractivity contribution in [3.05, 3.63) is 67.6 Å². The lowest BCUT2D eigenvalue weighted by molar-refractivity contribution is 0.220. The third-order valence-corrected chi connectivity index (χ3v) is 4.00. The zero-order chi connectivity index (χ0) is 13.3. The van der Waals surface area contributed by atoms with Gasteiger partial charge in [-0.3, -0.25) is 0 Å². The van der Waals surface area contributed by atoms with E-state index in [1.807, 2.05) is 25.1 Å². The van der Waals surface area contributed by atoms with Crippen LogP contribution in [-0.2, 0) is 0 Å². The zero-order valence-electron chi connectivity index (χ0n) is 9.62. The normalized spacial score (nSPS) is 12.5. The van der Waals surface area contributed by atoms with Crippen molar-refractivity contribution in [2.24, 2.45) is 0 Å². The first-order valence-corrected chi connectivity index (χ1v) is 6.93. The van der Waals surface area contributed by atoms with Crippen molar-refractivity contribution in [2.75, 3.05) is 0 Å². The summed E-state index contributed by atoms with van der Waals surface area (Å²) in [7, 11) is 0. The first kappa shape index (κ1) is 13.9. The van der Waals surface area contributed by atoms with Gasteiger partial charge in [0.15, 0.2) is 0 Å². The van der Waals surface area contributed by atoms with E-state index < -0.39 is 6.10 Å². The Bertz CT molecular complexity index is 584. The number of rotatable bonds is 2. The largest absolute Gasteiger partial charge is 0.384 e. The predicted octanol–water partition coefficient (Wildman–Crippen LogP) is 5.15. The number of aliphatic hydroxyl groups excluding tert-OH is 1. The molecule has 0 radical (unpaired) electrons. The van der Waals surface area contributed by atoms with Crippen LogP contribution in [0.15, 0.2) is 40.9 Å². The number of halogens is 3. The summed E-state index contributed by atoms with van der Waals surface area (Å²) in [6.45, 7) is 1.92. The van der Waals surface area contributed by atoms with Gasteiger partial charge in [0.2, 0.25) is 0 Å². The van der Waals surface area contributed by atoms with Crippen molar-refractivity contribution in [3.8, 4) is 0 Å².